The predicted molar refractivity (Wildman–Crippen MR) is 82.9 cm³/mol. The molecule has 0 aliphatic rings. The maximum absolute atomic E-state index is 5.99. The first-order valence-corrected chi connectivity index (χ1v) is 8.49. The van der Waals surface area contributed by atoms with Crippen LogP contribution in [0.2, 0.25) is 0 Å². The Morgan fingerprint density at radius 1 is 1.47 bits per heavy atom. The number of aromatic nitrogens is 3. The van der Waals surface area contributed by atoms with Crippen molar-refractivity contribution in [1.82, 2.24) is 15.1 Å². The fraction of sp³-hybridized carbons (Fsp3) is 0.364. The second-order valence-corrected chi connectivity index (χ2v) is 6.58. The maximum atomic E-state index is 5.99. The molecule has 2 rings (SSSR count). The number of hydrogen-bond acceptors (Lipinski definition) is 6. The Morgan fingerprint density at radius 3 is 2.95 bits per heavy atom. The van der Waals surface area contributed by atoms with Crippen LogP contribution >= 0.6 is 43.6 Å². The molecular formula is C11H12Br2N4OS. The van der Waals surface area contributed by atoms with E-state index < -0.39 is 0 Å². The van der Waals surface area contributed by atoms with E-state index in [1.807, 2.05) is 12.3 Å². The lowest BCUT2D eigenvalue weighted by Crippen LogP contribution is -2.11. The first-order chi connectivity index (χ1) is 9.11. The second-order valence-electron chi connectivity index (χ2n) is 3.83. The number of hydrogen-bond donors (Lipinski definition) is 1. The van der Waals surface area contributed by atoms with Crippen molar-refractivity contribution in [2.24, 2.45) is 5.73 Å². The molecular weight excluding hydrogens is 396 g/mol. The van der Waals surface area contributed by atoms with Gasteiger partial charge in [-0.1, -0.05) is 5.16 Å². The fourth-order valence-corrected chi connectivity index (χ4v) is 3.08. The van der Waals surface area contributed by atoms with E-state index in [1.165, 1.54) is 0 Å². The molecule has 102 valence electrons. The van der Waals surface area contributed by atoms with Crippen LogP contribution in [0, 0.1) is 0 Å². The van der Waals surface area contributed by atoms with Crippen molar-refractivity contribution in [3.05, 3.63) is 27.1 Å². The van der Waals surface area contributed by atoms with Crippen molar-refractivity contribution in [1.29, 1.82) is 0 Å². The molecule has 0 aliphatic heterocycles. The summed E-state index contributed by atoms with van der Waals surface area (Å²) in [6, 6.07) is 1.65. The van der Waals surface area contributed by atoms with Gasteiger partial charge in [-0.05, 0) is 56.4 Å². The Balaban J connectivity index is 2.20. The number of pyridine rings is 1. The first kappa shape index (κ1) is 15.0. The molecule has 0 amide bonds. The molecule has 0 bridgehead atoms. The van der Waals surface area contributed by atoms with Crippen LogP contribution in [0.4, 0.5) is 0 Å². The third-order valence-electron chi connectivity index (χ3n) is 2.41. The minimum absolute atomic E-state index is 0.233. The van der Waals surface area contributed by atoms with Gasteiger partial charge >= 0.3 is 0 Å². The normalized spacial score (nSPS) is 12.6. The molecule has 0 radical (unpaired) electrons. The standard InChI is InChI=1S/C11H12Br2N4OS/c1-19-3-2-8(14)11-16-10(17-18-11)9-7(13)4-6(12)5-15-9/h4-5,8H,2-3,14H2,1H3/t8-/m0/s1. The summed E-state index contributed by atoms with van der Waals surface area (Å²) < 4.78 is 6.87. The number of nitrogens with two attached hydrogens (primary N) is 1. The Bertz CT molecular complexity index is 563. The van der Waals surface area contributed by atoms with Crippen LogP contribution in [0.25, 0.3) is 11.5 Å². The van der Waals surface area contributed by atoms with Crippen LogP contribution in [0.15, 0.2) is 25.7 Å². The molecule has 5 nitrogen and oxygen atoms in total. The highest BCUT2D eigenvalue weighted by atomic mass is 79.9. The molecule has 0 saturated carbocycles. The highest BCUT2D eigenvalue weighted by Crippen LogP contribution is 2.27. The molecule has 2 heterocycles. The number of thioether (sulfide) groups is 1. The van der Waals surface area contributed by atoms with Gasteiger partial charge in [-0.15, -0.1) is 0 Å². The van der Waals surface area contributed by atoms with Gasteiger partial charge in [-0.2, -0.15) is 16.7 Å². The molecule has 0 unspecified atom stereocenters. The average Bonchev–Trinajstić information content (AvgIpc) is 2.85. The lowest BCUT2D eigenvalue weighted by atomic mass is 10.2. The molecule has 0 aliphatic carbocycles. The van der Waals surface area contributed by atoms with Gasteiger partial charge in [0.2, 0.25) is 11.7 Å². The SMILES string of the molecule is CSCC[C@H](N)c1nc(-c2ncc(Br)cc2Br)no1. The molecule has 0 saturated heterocycles. The first-order valence-electron chi connectivity index (χ1n) is 5.51. The summed E-state index contributed by atoms with van der Waals surface area (Å²) in [4.78, 5) is 8.56. The maximum Gasteiger partial charge on any atom is 0.243 e. The van der Waals surface area contributed by atoms with Crippen molar-refractivity contribution in [3.63, 3.8) is 0 Å². The zero-order valence-electron chi connectivity index (χ0n) is 10.1. The molecule has 0 spiro atoms. The molecule has 19 heavy (non-hydrogen) atoms. The average molecular weight is 408 g/mol. The van der Waals surface area contributed by atoms with Crippen LogP contribution in [0.5, 0.6) is 0 Å². The third-order valence-corrected chi connectivity index (χ3v) is 4.09. The molecule has 2 aromatic rings. The summed E-state index contributed by atoms with van der Waals surface area (Å²) in [6.07, 6.45) is 4.52. The number of halogens is 2. The zero-order chi connectivity index (χ0) is 13.8. The Morgan fingerprint density at radius 2 is 2.26 bits per heavy atom. The lowest BCUT2D eigenvalue weighted by molar-refractivity contribution is 0.353. The Hall–Kier alpha value is -0.440. The van der Waals surface area contributed by atoms with Crippen molar-refractivity contribution >= 4 is 43.6 Å². The zero-order valence-corrected chi connectivity index (χ0v) is 14.1. The Labute approximate surface area is 132 Å². The van der Waals surface area contributed by atoms with Gasteiger partial charge in [0.25, 0.3) is 0 Å². The van der Waals surface area contributed by atoms with Crippen molar-refractivity contribution in [2.75, 3.05) is 12.0 Å². The highest BCUT2D eigenvalue weighted by molar-refractivity contribution is 9.11. The molecule has 0 fully saturated rings. The van der Waals surface area contributed by atoms with Crippen molar-refractivity contribution < 1.29 is 4.52 Å². The van der Waals surface area contributed by atoms with Gasteiger partial charge in [0.1, 0.15) is 5.69 Å². The molecule has 8 heteroatoms. The van der Waals surface area contributed by atoms with Crippen LogP contribution < -0.4 is 5.73 Å². The number of nitrogens with zero attached hydrogens (tertiary/aromatic N) is 3. The van der Waals surface area contributed by atoms with E-state index in [2.05, 4.69) is 47.0 Å². The summed E-state index contributed by atoms with van der Waals surface area (Å²) in [5.74, 6) is 1.84. The summed E-state index contributed by atoms with van der Waals surface area (Å²) in [6.45, 7) is 0. The topological polar surface area (TPSA) is 77.8 Å². The van der Waals surface area contributed by atoms with E-state index in [0.29, 0.717) is 17.4 Å². The molecule has 2 N–H and O–H groups in total. The van der Waals surface area contributed by atoms with E-state index in [9.17, 15) is 0 Å². The van der Waals surface area contributed by atoms with Gasteiger partial charge in [-0.25, -0.2) is 0 Å². The second kappa shape index (κ2) is 6.83. The smallest absolute Gasteiger partial charge is 0.243 e. The molecule has 2 aromatic heterocycles. The largest absolute Gasteiger partial charge is 0.337 e. The van der Waals surface area contributed by atoms with Gasteiger partial charge < -0.3 is 10.3 Å². The summed E-state index contributed by atoms with van der Waals surface area (Å²) in [5.41, 5.74) is 6.62. The summed E-state index contributed by atoms with van der Waals surface area (Å²) in [7, 11) is 0. The van der Waals surface area contributed by atoms with E-state index in [4.69, 9.17) is 10.3 Å². The van der Waals surface area contributed by atoms with Gasteiger partial charge in [0.05, 0.1) is 6.04 Å². The number of rotatable bonds is 5. The van der Waals surface area contributed by atoms with Crippen molar-refractivity contribution in [3.8, 4) is 11.5 Å². The third kappa shape index (κ3) is 3.77. The van der Waals surface area contributed by atoms with Crippen molar-refractivity contribution in [2.45, 2.75) is 12.5 Å². The Kier molecular flexibility index (Phi) is 5.37. The quantitative estimate of drug-likeness (QED) is 0.818. The minimum atomic E-state index is -0.233. The van der Waals surface area contributed by atoms with E-state index in [-0.39, 0.29) is 6.04 Å². The summed E-state index contributed by atoms with van der Waals surface area (Å²) in [5, 5.41) is 3.93. The molecule has 0 aromatic carbocycles. The van der Waals surface area contributed by atoms with E-state index in [1.54, 1.807) is 18.0 Å². The monoisotopic (exact) mass is 406 g/mol. The highest BCUT2D eigenvalue weighted by Gasteiger charge is 2.17. The van der Waals surface area contributed by atoms with Crippen LogP contribution in [0.3, 0.4) is 0 Å². The van der Waals surface area contributed by atoms with Crippen LogP contribution in [-0.2, 0) is 0 Å². The van der Waals surface area contributed by atoms with Gasteiger partial charge in [0.15, 0.2) is 0 Å². The van der Waals surface area contributed by atoms with Crippen LogP contribution in [-0.4, -0.2) is 27.1 Å². The summed E-state index contributed by atoms with van der Waals surface area (Å²) >= 11 is 8.51. The van der Waals surface area contributed by atoms with Gasteiger partial charge in [0, 0.05) is 15.1 Å². The molecule has 1 atom stereocenters. The fourth-order valence-electron chi connectivity index (χ4n) is 1.43. The van der Waals surface area contributed by atoms with Crippen LogP contribution in [0.1, 0.15) is 18.4 Å². The van der Waals surface area contributed by atoms with Gasteiger partial charge in [-0.3, -0.25) is 4.98 Å². The van der Waals surface area contributed by atoms with E-state index in [0.717, 1.165) is 21.1 Å². The lowest BCUT2D eigenvalue weighted by Gasteiger charge is -2.03. The predicted octanol–water partition coefficient (Wildman–Crippen LogP) is 3.41. The minimum Gasteiger partial charge on any atom is -0.337 e. The van der Waals surface area contributed by atoms with E-state index >= 15 is 0 Å².